The van der Waals surface area contributed by atoms with E-state index in [1.807, 2.05) is 32.0 Å². The van der Waals surface area contributed by atoms with E-state index >= 15 is 0 Å². The first-order chi connectivity index (χ1) is 14.0. The first kappa shape index (κ1) is 18.7. The van der Waals surface area contributed by atoms with Gasteiger partial charge in [0.05, 0.1) is 29.8 Å². The van der Waals surface area contributed by atoms with Crippen LogP contribution in [-0.2, 0) is 11.3 Å². The Labute approximate surface area is 167 Å². The lowest BCUT2D eigenvalue weighted by Gasteiger charge is -2.10. The van der Waals surface area contributed by atoms with Crippen molar-refractivity contribution in [1.29, 1.82) is 0 Å². The molecular weight excluding hydrogens is 369 g/mol. The third kappa shape index (κ3) is 3.99. The average Bonchev–Trinajstić information content (AvgIpc) is 3.03. The fourth-order valence-electron chi connectivity index (χ4n) is 3.23. The van der Waals surface area contributed by atoms with E-state index in [-0.39, 0.29) is 5.91 Å². The van der Waals surface area contributed by atoms with Gasteiger partial charge in [-0.25, -0.2) is 4.39 Å². The number of aliphatic imine (C=N–C) groups is 1. The number of nitrogens with zero attached hydrogens (tertiary/aromatic N) is 3. The van der Waals surface area contributed by atoms with Crippen LogP contribution in [0.3, 0.4) is 0 Å². The minimum Gasteiger partial charge on any atom is -0.379 e. The van der Waals surface area contributed by atoms with Crippen molar-refractivity contribution in [2.45, 2.75) is 26.3 Å². The lowest BCUT2D eigenvalue weighted by atomic mass is 10.0. The topological polar surface area (TPSA) is 79.3 Å². The van der Waals surface area contributed by atoms with Crippen molar-refractivity contribution in [3.05, 3.63) is 77.1 Å². The van der Waals surface area contributed by atoms with Crippen LogP contribution in [0, 0.1) is 19.7 Å². The number of benzene rings is 2. The van der Waals surface area contributed by atoms with Gasteiger partial charge in [0.2, 0.25) is 5.91 Å². The van der Waals surface area contributed by atoms with E-state index in [1.165, 1.54) is 12.3 Å². The molecule has 7 heteroatoms. The van der Waals surface area contributed by atoms with E-state index in [9.17, 15) is 9.18 Å². The molecule has 1 unspecified atom stereocenters. The third-order valence-corrected chi connectivity index (χ3v) is 4.78. The first-order valence-corrected chi connectivity index (χ1v) is 9.27. The quantitative estimate of drug-likeness (QED) is 0.638. The summed E-state index contributed by atoms with van der Waals surface area (Å²) in [4.78, 5) is 25.1. The summed E-state index contributed by atoms with van der Waals surface area (Å²) in [6.07, 6.45) is 4.98. The number of aryl methyl sites for hydroxylation is 2. The molecule has 1 atom stereocenters. The van der Waals surface area contributed by atoms with Gasteiger partial charge in [0, 0.05) is 29.3 Å². The molecule has 1 aliphatic heterocycles. The Balaban J connectivity index is 1.47. The fraction of sp³-hybridized carbons (Fsp3) is 0.182. The molecule has 4 rings (SSSR count). The Morgan fingerprint density at radius 3 is 2.83 bits per heavy atom. The zero-order valence-corrected chi connectivity index (χ0v) is 16.1. The second-order valence-electron chi connectivity index (χ2n) is 6.95. The molecule has 0 aliphatic carbocycles. The van der Waals surface area contributed by atoms with Crippen molar-refractivity contribution in [1.82, 2.24) is 9.97 Å². The van der Waals surface area contributed by atoms with Gasteiger partial charge in [-0.1, -0.05) is 6.07 Å². The van der Waals surface area contributed by atoms with Gasteiger partial charge in [0.1, 0.15) is 11.7 Å². The Hall–Kier alpha value is -3.61. The van der Waals surface area contributed by atoms with Crippen LogP contribution in [0.1, 0.15) is 28.4 Å². The molecule has 6 nitrogen and oxygen atoms in total. The monoisotopic (exact) mass is 389 g/mol. The van der Waals surface area contributed by atoms with Gasteiger partial charge in [-0.15, -0.1) is 0 Å². The maximum absolute atomic E-state index is 14.1. The highest BCUT2D eigenvalue weighted by molar-refractivity contribution is 6.12. The van der Waals surface area contributed by atoms with Gasteiger partial charge >= 0.3 is 0 Å². The van der Waals surface area contributed by atoms with Gasteiger partial charge < -0.3 is 10.6 Å². The number of nitrogens with one attached hydrogen (secondary N) is 2. The average molecular weight is 389 g/mol. The number of carbonyl (C=O) groups excluding carboxylic acids is 1. The molecule has 0 bridgehead atoms. The molecule has 1 aromatic heterocycles. The molecule has 29 heavy (non-hydrogen) atoms. The summed E-state index contributed by atoms with van der Waals surface area (Å²) in [7, 11) is 0. The highest BCUT2D eigenvalue weighted by atomic mass is 19.1. The van der Waals surface area contributed by atoms with Crippen LogP contribution in [0.4, 0.5) is 21.5 Å². The van der Waals surface area contributed by atoms with Gasteiger partial charge in [0.25, 0.3) is 0 Å². The van der Waals surface area contributed by atoms with Crippen molar-refractivity contribution in [3.8, 4) is 0 Å². The second kappa shape index (κ2) is 7.79. The molecule has 0 spiro atoms. The molecule has 3 aromatic rings. The van der Waals surface area contributed by atoms with Crippen molar-refractivity contribution < 1.29 is 9.18 Å². The molecule has 146 valence electrons. The van der Waals surface area contributed by atoms with Crippen LogP contribution in [-0.4, -0.2) is 22.1 Å². The molecule has 0 saturated carbocycles. The normalized spacial score (nSPS) is 15.4. The number of aromatic nitrogens is 2. The van der Waals surface area contributed by atoms with E-state index < -0.39 is 11.7 Å². The minimum atomic E-state index is -0.732. The largest absolute Gasteiger partial charge is 0.379 e. The maximum atomic E-state index is 14.1. The second-order valence-corrected chi connectivity index (χ2v) is 6.95. The third-order valence-electron chi connectivity index (χ3n) is 4.78. The van der Waals surface area contributed by atoms with E-state index in [0.717, 1.165) is 22.6 Å². The summed E-state index contributed by atoms with van der Waals surface area (Å²) < 4.78 is 14.1. The van der Waals surface area contributed by atoms with Crippen LogP contribution in [0.5, 0.6) is 0 Å². The molecule has 0 fully saturated rings. The lowest BCUT2D eigenvalue weighted by molar-refractivity contribution is -0.115. The molecule has 2 heterocycles. The smallest absolute Gasteiger partial charge is 0.237 e. The lowest BCUT2D eigenvalue weighted by Crippen LogP contribution is -2.13. The number of rotatable bonds is 5. The number of anilines is 2. The van der Waals surface area contributed by atoms with E-state index in [2.05, 4.69) is 25.6 Å². The van der Waals surface area contributed by atoms with Crippen molar-refractivity contribution >= 4 is 29.2 Å². The van der Waals surface area contributed by atoms with E-state index in [0.29, 0.717) is 23.5 Å². The first-order valence-electron chi connectivity index (χ1n) is 9.27. The Kier molecular flexibility index (Phi) is 5.03. The molecule has 1 amide bonds. The molecule has 2 N–H and O–H groups in total. The van der Waals surface area contributed by atoms with Crippen LogP contribution in [0.2, 0.25) is 0 Å². The highest BCUT2D eigenvalue weighted by Crippen LogP contribution is 2.34. The van der Waals surface area contributed by atoms with E-state index in [4.69, 9.17) is 0 Å². The van der Waals surface area contributed by atoms with E-state index in [1.54, 1.807) is 24.5 Å². The van der Waals surface area contributed by atoms with Crippen molar-refractivity contribution in [2.75, 3.05) is 10.6 Å². The maximum Gasteiger partial charge on any atom is 0.237 e. The van der Waals surface area contributed by atoms with Crippen molar-refractivity contribution in [2.24, 2.45) is 4.99 Å². The van der Waals surface area contributed by atoms with Crippen LogP contribution >= 0.6 is 0 Å². The summed E-state index contributed by atoms with van der Waals surface area (Å²) >= 11 is 0. The number of amides is 1. The summed E-state index contributed by atoms with van der Waals surface area (Å²) in [5.41, 5.74) is 5.23. The predicted octanol–water partition coefficient (Wildman–Crippen LogP) is 4.28. The zero-order chi connectivity index (χ0) is 20.4. The fourth-order valence-corrected chi connectivity index (χ4v) is 3.23. The van der Waals surface area contributed by atoms with Crippen molar-refractivity contribution in [3.63, 3.8) is 0 Å². The Morgan fingerprint density at radius 1 is 1.21 bits per heavy atom. The molecule has 0 radical (unpaired) electrons. The highest BCUT2D eigenvalue weighted by Gasteiger charge is 2.31. The van der Waals surface area contributed by atoms with Gasteiger partial charge in [0.15, 0.2) is 0 Å². The Bertz CT molecular complexity index is 1090. The van der Waals surface area contributed by atoms with Gasteiger partial charge in [-0.05, 0) is 49.7 Å². The number of halogens is 1. The van der Waals surface area contributed by atoms with Crippen LogP contribution in [0.25, 0.3) is 0 Å². The van der Waals surface area contributed by atoms with Gasteiger partial charge in [-0.3, -0.25) is 19.8 Å². The zero-order valence-electron chi connectivity index (χ0n) is 16.1. The molecular formula is C22H20FN5O. The minimum absolute atomic E-state index is 0.275. The SMILES string of the molecule is Cc1cnc(CNc2ccc(N=CC3C(=O)Nc4cccc(F)c43)cc2C)cn1. The summed E-state index contributed by atoms with van der Waals surface area (Å²) in [5, 5.41) is 6.02. The summed E-state index contributed by atoms with van der Waals surface area (Å²) in [6, 6.07) is 10.3. The summed E-state index contributed by atoms with van der Waals surface area (Å²) in [5.74, 6) is -1.42. The number of hydrogen-bond donors (Lipinski definition) is 2. The molecule has 0 saturated heterocycles. The predicted molar refractivity (Wildman–Crippen MR) is 111 cm³/mol. The van der Waals surface area contributed by atoms with Crippen LogP contribution < -0.4 is 10.6 Å². The molecule has 2 aromatic carbocycles. The number of carbonyl (C=O) groups is 1. The van der Waals surface area contributed by atoms with Crippen LogP contribution in [0.15, 0.2) is 53.8 Å². The standard InChI is InChI=1S/C22H20FN5O/c1-13-8-15(6-7-19(13)27-11-16-10-24-14(2)9-25-16)26-12-17-21-18(23)4-3-5-20(21)28-22(17)29/h3-10,12,17,27H,11H2,1-2H3,(H,28,29). The number of fused-ring (bicyclic) bond motifs is 1. The number of hydrogen-bond acceptors (Lipinski definition) is 5. The summed E-state index contributed by atoms with van der Waals surface area (Å²) in [6.45, 7) is 4.43. The molecule has 1 aliphatic rings. The Morgan fingerprint density at radius 2 is 2.07 bits per heavy atom. The van der Waals surface area contributed by atoms with Gasteiger partial charge in [-0.2, -0.15) is 0 Å².